The van der Waals surface area contributed by atoms with Crippen molar-refractivity contribution in [1.82, 2.24) is 26.1 Å². The molecule has 0 fully saturated rings. The summed E-state index contributed by atoms with van der Waals surface area (Å²) in [6.07, 6.45) is 3.93. The molecule has 236 valence electrons. The van der Waals surface area contributed by atoms with Gasteiger partial charge in [-0.1, -0.05) is 40.0 Å². The van der Waals surface area contributed by atoms with Gasteiger partial charge in [-0.05, 0) is 53.9 Å². The standard InChI is InChI=1S/C28H51N5O8/c1-9-12-15-37-18-21(30-27(36)41-28(6,7)8)24-33-32-23(40-24)19(4)29-26(35)31-22(20(5)38-16-13-10-2)25(34)39-17-14-11-3/h19-22H,9-18H2,1-8H3,(H,30,36)(H2,29,31,35)/t19-,20?,21-,22-/m0/s1. The van der Waals surface area contributed by atoms with Gasteiger partial charge in [-0.3, -0.25) is 0 Å². The van der Waals surface area contributed by atoms with Crippen LogP contribution >= 0.6 is 0 Å². The molecule has 0 spiro atoms. The maximum atomic E-state index is 12.9. The smallest absolute Gasteiger partial charge is 0.408 e. The lowest BCUT2D eigenvalue weighted by atomic mass is 10.2. The highest BCUT2D eigenvalue weighted by Crippen LogP contribution is 2.18. The summed E-state index contributed by atoms with van der Waals surface area (Å²) in [5.74, 6) is -0.356. The molecule has 13 heteroatoms. The van der Waals surface area contributed by atoms with Crippen molar-refractivity contribution in [2.75, 3.05) is 26.4 Å². The van der Waals surface area contributed by atoms with Crippen molar-refractivity contribution in [3.8, 4) is 0 Å². The number of carbonyl (C=O) groups excluding carboxylic acids is 3. The van der Waals surface area contributed by atoms with Crippen molar-refractivity contribution < 1.29 is 37.7 Å². The Morgan fingerprint density at radius 3 is 2.10 bits per heavy atom. The number of unbranched alkanes of at least 4 members (excludes halogenated alkanes) is 3. The predicted octanol–water partition coefficient (Wildman–Crippen LogP) is 4.73. The first-order valence-electron chi connectivity index (χ1n) is 14.7. The molecule has 1 heterocycles. The van der Waals surface area contributed by atoms with E-state index in [1.54, 1.807) is 34.6 Å². The third-order valence-electron chi connectivity index (χ3n) is 5.72. The van der Waals surface area contributed by atoms with Crippen LogP contribution in [-0.2, 0) is 23.7 Å². The van der Waals surface area contributed by atoms with E-state index in [0.717, 1.165) is 38.5 Å². The summed E-state index contributed by atoms with van der Waals surface area (Å²) in [5, 5.41) is 16.2. The molecule has 0 saturated heterocycles. The van der Waals surface area contributed by atoms with Crippen LogP contribution in [-0.4, -0.2) is 72.5 Å². The summed E-state index contributed by atoms with van der Waals surface area (Å²) in [6, 6.07) is -3.11. The van der Waals surface area contributed by atoms with E-state index in [-0.39, 0.29) is 25.0 Å². The van der Waals surface area contributed by atoms with E-state index in [1.165, 1.54) is 0 Å². The lowest BCUT2D eigenvalue weighted by Crippen LogP contribution is -2.53. The normalized spacial score (nSPS) is 14.4. The summed E-state index contributed by atoms with van der Waals surface area (Å²) in [6.45, 7) is 16.1. The minimum absolute atomic E-state index is 0.0981. The maximum absolute atomic E-state index is 12.9. The number of amides is 3. The van der Waals surface area contributed by atoms with Gasteiger partial charge in [-0.15, -0.1) is 10.2 Å². The van der Waals surface area contributed by atoms with Gasteiger partial charge < -0.3 is 39.3 Å². The summed E-state index contributed by atoms with van der Waals surface area (Å²) >= 11 is 0. The fourth-order valence-electron chi connectivity index (χ4n) is 3.36. The van der Waals surface area contributed by atoms with Crippen LogP contribution in [0.3, 0.4) is 0 Å². The second-order valence-corrected chi connectivity index (χ2v) is 10.9. The maximum Gasteiger partial charge on any atom is 0.408 e. The number of nitrogens with one attached hydrogen (secondary N) is 3. The Kier molecular flexibility index (Phi) is 16.9. The van der Waals surface area contributed by atoms with E-state index in [2.05, 4.69) is 26.1 Å². The second kappa shape index (κ2) is 19.2. The average molecular weight is 586 g/mol. The van der Waals surface area contributed by atoms with Crippen molar-refractivity contribution in [3.05, 3.63) is 11.8 Å². The molecule has 0 radical (unpaired) electrons. The third-order valence-corrected chi connectivity index (χ3v) is 5.72. The van der Waals surface area contributed by atoms with Gasteiger partial charge in [0.2, 0.25) is 11.8 Å². The number of esters is 1. The fraction of sp³-hybridized carbons (Fsp3) is 0.821. The number of urea groups is 1. The lowest BCUT2D eigenvalue weighted by molar-refractivity contribution is -0.150. The lowest BCUT2D eigenvalue weighted by Gasteiger charge is -2.24. The van der Waals surface area contributed by atoms with Crippen LogP contribution in [0.5, 0.6) is 0 Å². The molecule has 0 aromatic carbocycles. The van der Waals surface area contributed by atoms with E-state index in [4.69, 9.17) is 23.4 Å². The predicted molar refractivity (Wildman–Crippen MR) is 152 cm³/mol. The molecule has 3 amide bonds. The van der Waals surface area contributed by atoms with E-state index >= 15 is 0 Å². The van der Waals surface area contributed by atoms with E-state index in [9.17, 15) is 14.4 Å². The van der Waals surface area contributed by atoms with E-state index in [1.807, 2.05) is 20.8 Å². The average Bonchev–Trinajstić information content (AvgIpc) is 3.38. The van der Waals surface area contributed by atoms with Crippen LogP contribution < -0.4 is 16.0 Å². The molecular weight excluding hydrogens is 534 g/mol. The topological polar surface area (TPSA) is 163 Å². The monoisotopic (exact) mass is 585 g/mol. The number of alkyl carbamates (subject to hydrolysis) is 1. The van der Waals surface area contributed by atoms with Crippen molar-refractivity contribution in [1.29, 1.82) is 0 Å². The van der Waals surface area contributed by atoms with Crippen LogP contribution in [0, 0.1) is 0 Å². The van der Waals surface area contributed by atoms with Crippen molar-refractivity contribution in [2.45, 2.75) is 124 Å². The zero-order valence-corrected chi connectivity index (χ0v) is 26.0. The second-order valence-electron chi connectivity index (χ2n) is 10.9. The first-order chi connectivity index (χ1) is 19.4. The highest BCUT2D eigenvalue weighted by atomic mass is 16.6. The Balaban J connectivity index is 2.90. The fourth-order valence-corrected chi connectivity index (χ4v) is 3.36. The molecule has 4 atom stereocenters. The molecule has 41 heavy (non-hydrogen) atoms. The number of hydrogen-bond donors (Lipinski definition) is 3. The Morgan fingerprint density at radius 1 is 0.854 bits per heavy atom. The number of aromatic nitrogens is 2. The molecule has 1 aromatic rings. The number of rotatable bonds is 19. The molecule has 1 unspecified atom stereocenters. The number of hydrogen-bond acceptors (Lipinski definition) is 10. The molecule has 0 aliphatic heterocycles. The quantitative estimate of drug-likeness (QED) is 0.153. The summed E-state index contributed by atoms with van der Waals surface area (Å²) < 4.78 is 27.9. The van der Waals surface area contributed by atoms with Gasteiger partial charge in [-0.25, -0.2) is 14.4 Å². The summed E-state index contributed by atoms with van der Waals surface area (Å²) in [5.41, 5.74) is -0.692. The number of carbonyl (C=O) groups is 3. The molecule has 13 nitrogen and oxygen atoms in total. The molecule has 0 bridgehead atoms. The molecule has 3 N–H and O–H groups in total. The van der Waals surface area contributed by atoms with Gasteiger partial charge in [0.15, 0.2) is 6.04 Å². The van der Waals surface area contributed by atoms with Crippen LogP contribution in [0.4, 0.5) is 9.59 Å². The van der Waals surface area contributed by atoms with Crippen LogP contribution in [0.2, 0.25) is 0 Å². The third kappa shape index (κ3) is 15.0. The van der Waals surface area contributed by atoms with Crippen molar-refractivity contribution in [2.24, 2.45) is 0 Å². The molecular formula is C28H51N5O8. The first-order valence-corrected chi connectivity index (χ1v) is 14.7. The molecule has 1 rings (SSSR count). The zero-order valence-electron chi connectivity index (χ0n) is 26.0. The zero-order chi connectivity index (χ0) is 30.8. The highest BCUT2D eigenvalue weighted by Gasteiger charge is 2.31. The number of ether oxygens (including phenoxy) is 4. The Bertz CT molecular complexity index is 904. The van der Waals surface area contributed by atoms with E-state index in [0.29, 0.717) is 13.2 Å². The van der Waals surface area contributed by atoms with Crippen LogP contribution in [0.1, 0.15) is 118 Å². The van der Waals surface area contributed by atoms with Gasteiger partial charge in [0.25, 0.3) is 0 Å². The van der Waals surface area contributed by atoms with Crippen LogP contribution in [0.25, 0.3) is 0 Å². The Labute approximate surface area is 244 Å². The van der Waals surface area contributed by atoms with Crippen molar-refractivity contribution >= 4 is 18.1 Å². The van der Waals surface area contributed by atoms with E-state index < -0.39 is 47.9 Å². The summed E-state index contributed by atoms with van der Waals surface area (Å²) in [4.78, 5) is 38.0. The largest absolute Gasteiger partial charge is 0.464 e. The molecule has 0 saturated carbocycles. The van der Waals surface area contributed by atoms with Gasteiger partial charge in [0, 0.05) is 13.2 Å². The van der Waals surface area contributed by atoms with Crippen molar-refractivity contribution in [3.63, 3.8) is 0 Å². The molecule has 1 aromatic heterocycles. The minimum Gasteiger partial charge on any atom is -0.464 e. The highest BCUT2D eigenvalue weighted by molar-refractivity contribution is 5.84. The van der Waals surface area contributed by atoms with Gasteiger partial charge in [-0.2, -0.15) is 0 Å². The minimum atomic E-state index is -1.00. The van der Waals surface area contributed by atoms with Gasteiger partial charge in [0.1, 0.15) is 17.7 Å². The van der Waals surface area contributed by atoms with Gasteiger partial charge in [0.05, 0.1) is 19.3 Å². The number of nitrogens with zero attached hydrogens (tertiary/aromatic N) is 2. The SMILES string of the molecule is CCCCOC[C@H](NC(=O)OC(C)(C)C)c1nnc([C@H](C)NC(=O)N[C@H](C(=O)OCCCC)C(C)OCCCC)o1. The van der Waals surface area contributed by atoms with Gasteiger partial charge >= 0.3 is 18.1 Å². The molecule has 0 aliphatic carbocycles. The first kappa shape index (κ1) is 36.1. The Hall–Kier alpha value is -2.93. The summed E-state index contributed by atoms with van der Waals surface area (Å²) in [7, 11) is 0. The van der Waals surface area contributed by atoms with Crippen LogP contribution in [0.15, 0.2) is 4.42 Å². The Morgan fingerprint density at radius 2 is 1.46 bits per heavy atom. The molecule has 0 aliphatic rings.